The molecule has 1 aliphatic rings. The van der Waals surface area contributed by atoms with Crippen molar-refractivity contribution < 1.29 is 32.2 Å². The molecular weight excluding hydrogens is 479 g/mol. The number of hydrogen-bond acceptors (Lipinski definition) is 5. The second kappa shape index (κ2) is 9.78. The Balaban J connectivity index is 1.44. The van der Waals surface area contributed by atoms with Crippen LogP contribution in [0.3, 0.4) is 0 Å². The molecule has 2 aromatic carbocycles. The number of ether oxygens (including phenoxy) is 3. The Morgan fingerprint density at radius 1 is 1.06 bits per heavy atom. The number of anilines is 2. The molecule has 0 spiro atoms. The van der Waals surface area contributed by atoms with Gasteiger partial charge in [0.2, 0.25) is 0 Å². The third kappa shape index (κ3) is 5.69. The number of urea groups is 1. The van der Waals surface area contributed by atoms with Gasteiger partial charge >= 0.3 is 12.2 Å². The number of halogens is 3. The van der Waals surface area contributed by atoms with Crippen LogP contribution in [0, 0.1) is 0 Å². The van der Waals surface area contributed by atoms with E-state index in [1.807, 2.05) is 0 Å². The molecule has 4 rings (SSSR count). The van der Waals surface area contributed by atoms with Gasteiger partial charge in [-0.05, 0) is 48.9 Å². The largest absolute Gasteiger partial charge is 0.482 e. The summed E-state index contributed by atoms with van der Waals surface area (Å²) in [5.41, 5.74) is -0.507. The Kier molecular flexibility index (Phi) is 6.75. The van der Waals surface area contributed by atoms with Crippen LogP contribution in [0.2, 0.25) is 0 Å². The first-order valence-corrected chi connectivity index (χ1v) is 10.7. The van der Waals surface area contributed by atoms with E-state index in [0.717, 1.165) is 17.9 Å². The third-order valence-corrected chi connectivity index (χ3v) is 5.27. The van der Waals surface area contributed by atoms with Gasteiger partial charge in [0.1, 0.15) is 5.75 Å². The van der Waals surface area contributed by atoms with E-state index in [1.165, 1.54) is 18.3 Å². The molecule has 0 aliphatic carbocycles. The maximum absolute atomic E-state index is 13.6. The van der Waals surface area contributed by atoms with Crippen molar-refractivity contribution in [3.05, 3.63) is 83.5 Å². The number of carbonyl (C=O) groups excluding carboxylic acids is 1. The lowest BCUT2D eigenvalue weighted by molar-refractivity contribution is -0.160. The van der Waals surface area contributed by atoms with Crippen molar-refractivity contribution in [3.63, 3.8) is 0 Å². The van der Waals surface area contributed by atoms with Crippen LogP contribution in [0.25, 0.3) is 11.1 Å². The van der Waals surface area contributed by atoms with Gasteiger partial charge in [0.25, 0.3) is 5.56 Å². The summed E-state index contributed by atoms with van der Waals surface area (Å²) < 4.78 is 56.4. The van der Waals surface area contributed by atoms with Gasteiger partial charge in [-0.2, -0.15) is 13.2 Å². The Morgan fingerprint density at radius 2 is 1.72 bits per heavy atom. The average Bonchev–Trinajstić information content (AvgIpc) is 2.80. The Hall–Kier alpha value is -4.25. The van der Waals surface area contributed by atoms with E-state index in [2.05, 4.69) is 22.2 Å². The summed E-state index contributed by atoms with van der Waals surface area (Å²) in [6.07, 6.45) is -2.03. The zero-order chi connectivity index (χ0) is 25.9. The Labute approximate surface area is 203 Å². The molecule has 2 amide bonds. The highest BCUT2D eigenvalue weighted by atomic mass is 19.4. The lowest BCUT2D eigenvalue weighted by atomic mass is 10.0. The Bertz CT molecular complexity index is 1330. The van der Waals surface area contributed by atoms with E-state index in [4.69, 9.17) is 14.2 Å². The predicted molar refractivity (Wildman–Crippen MR) is 127 cm³/mol. The van der Waals surface area contributed by atoms with E-state index in [-0.39, 0.29) is 30.4 Å². The molecule has 0 radical (unpaired) electrons. The van der Waals surface area contributed by atoms with Crippen molar-refractivity contribution in [3.8, 4) is 22.6 Å². The van der Waals surface area contributed by atoms with Crippen molar-refractivity contribution in [1.29, 1.82) is 0 Å². The van der Waals surface area contributed by atoms with Gasteiger partial charge in [-0.1, -0.05) is 18.7 Å². The number of rotatable bonds is 7. The molecule has 2 heterocycles. The SMILES string of the molecule is C=COc1cc(-c2ccc(NC(=O)Nc3ccc(OC4(C)COC4)c(C(F)(F)F)c3)cc2)c[nH]c1=O. The molecule has 0 saturated carbocycles. The number of nitrogens with one attached hydrogen (secondary N) is 3. The maximum atomic E-state index is 13.6. The minimum absolute atomic E-state index is 0.0539. The molecule has 0 bridgehead atoms. The average molecular weight is 501 g/mol. The molecule has 1 aliphatic heterocycles. The minimum Gasteiger partial charge on any atom is -0.482 e. The highest BCUT2D eigenvalue weighted by Crippen LogP contribution is 2.40. The zero-order valence-corrected chi connectivity index (χ0v) is 19.1. The maximum Gasteiger partial charge on any atom is 0.420 e. The lowest BCUT2D eigenvalue weighted by Gasteiger charge is -2.38. The standard InChI is InChI=1S/C25H22F3N3O5/c1-3-35-21-10-16(12-29-22(21)32)15-4-6-17(7-5-15)30-23(33)31-18-8-9-20(19(11-18)25(26,27)28)36-24(2)13-34-14-24/h3-12H,1,13-14H2,2H3,(H,29,32)(H2,30,31,33). The molecule has 188 valence electrons. The molecule has 1 saturated heterocycles. The fourth-order valence-electron chi connectivity index (χ4n) is 3.48. The second-order valence-corrected chi connectivity index (χ2v) is 8.28. The number of aromatic nitrogens is 1. The number of aromatic amines is 1. The zero-order valence-electron chi connectivity index (χ0n) is 19.1. The minimum atomic E-state index is -4.68. The number of pyridine rings is 1. The number of alkyl halides is 3. The van der Waals surface area contributed by atoms with E-state index in [1.54, 1.807) is 37.3 Å². The quantitative estimate of drug-likeness (QED) is 0.377. The third-order valence-electron chi connectivity index (χ3n) is 5.27. The van der Waals surface area contributed by atoms with Crippen molar-refractivity contribution in [2.24, 2.45) is 0 Å². The number of benzene rings is 2. The van der Waals surface area contributed by atoms with Crippen LogP contribution >= 0.6 is 0 Å². The lowest BCUT2D eigenvalue weighted by Crippen LogP contribution is -2.51. The van der Waals surface area contributed by atoms with Crippen LogP contribution in [-0.2, 0) is 10.9 Å². The second-order valence-electron chi connectivity index (χ2n) is 8.28. The molecule has 0 atom stereocenters. The summed E-state index contributed by atoms with van der Waals surface area (Å²) in [5.74, 6) is -0.257. The van der Waals surface area contributed by atoms with Crippen LogP contribution in [0.15, 0.2) is 72.4 Å². The topological polar surface area (TPSA) is 102 Å². The first kappa shape index (κ1) is 24.9. The summed E-state index contributed by atoms with van der Waals surface area (Å²) in [7, 11) is 0. The molecule has 1 aromatic heterocycles. The molecular formula is C25H22F3N3O5. The summed E-state index contributed by atoms with van der Waals surface area (Å²) in [5, 5.41) is 4.96. The molecule has 3 N–H and O–H groups in total. The van der Waals surface area contributed by atoms with Gasteiger partial charge in [-0.15, -0.1) is 0 Å². The van der Waals surface area contributed by atoms with Gasteiger partial charge in [0.15, 0.2) is 11.4 Å². The van der Waals surface area contributed by atoms with Gasteiger partial charge < -0.3 is 29.8 Å². The van der Waals surface area contributed by atoms with Crippen molar-refractivity contribution in [2.75, 3.05) is 23.8 Å². The van der Waals surface area contributed by atoms with Crippen molar-refractivity contribution in [1.82, 2.24) is 4.98 Å². The molecule has 8 nitrogen and oxygen atoms in total. The monoisotopic (exact) mass is 501 g/mol. The number of hydrogen-bond donors (Lipinski definition) is 3. The summed E-state index contributed by atoms with van der Waals surface area (Å²) in [6.45, 7) is 5.47. The Morgan fingerprint density at radius 3 is 2.33 bits per heavy atom. The van der Waals surface area contributed by atoms with Gasteiger partial charge in [-0.3, -0.25) is 4.79 Å². The molecule has 3 aromatic rings. The predicted octanol–water partition coefficient (Wildman–Crippen LogP) is 5.39. The number of amides is 2. The summed E-state index contributed by atoms with van der Waals surface area (Å²) in [6, 6.07) is 10.7. The summed E-state index contributed by atoms with van der Waals surface area (Å²) in [4.78, 5) is 26.7. The van der Waals surface area contributed by atoms with E-state index >= 15 is 0 Å². The molecule has 36 heavy (non-hydrogen) atoms. The number of carbonyl (C=O) groups is 1. The summed E-state index contributed by atoms with van der Waals surface area (Å²) >= 11 is 0. The fraction of sp³-hybridized carbons (Fsp3) is 0.200. The first-order valence-electron chi connectivity index (χ1n) is 10.7. The van der Waals surface area contributed by atoms with E-state index < -0.39 is 28.9 Å². The highest BCUT2D eigenvalue weighted by molar-refractivity contribution is 6.00. The number of H-pyrrole nitrogens is 1. The van der Waals surface area contributed by atoms with Crippen LogP contribution in [0.4, 0.5) is 29.3 Å². The molecule has 1 fully saturated rings. The van der Waals surface area contributed by atoms with Crippen LogP contribution in [-0.4, -0.2) is 29.8 Å². The smallest absolute Gasteiger partial charge is 0.420 e. The fourth-order valence-corrected chi connectivity index (χ4v) is 3.48. The first-order chi connectivity index (χ1) is 17.1. The highest BCUT2D eigenvalue weighted by Gasteiger charge is 2.40. The van der Waals surface area contributed by atoms with E-state index in [9.17, 15) is 22.8 Å². The van der Waals surface area contributed by atoms with Crippen LogP contribution < -0.4 is 25.7 Å². The van der Waals surface area contributed by atoms with Crippen molar-refractivity contribution in [2.45, 2.75) is 18.7 Å². The van der Waals surface area contributed by atoms with E-state index in [0.29, 0.717) is 11.3 Å². The molecule has 11 heteroatoms. The normalized spacial score (nSPS) is 14.3. The van der Waals surface area contributed by atoms with Crippen LogP contribution in [0.1, 0.15) is 12.5 Å². The van der Waals surface area contributed by atoms with Gasteiger partial charge in [0.05, 0.1) is 25.0 Å². The molecule has 0 unspecified atom stereocenters. The van der Waals surface area contributed by atoms with Gasteiger partial charge in [-0.25, -0.2) is 4.79 Å². The van der Waals surface area contributed by atoms with Crippen LogP contribution in [0.5, 0.6) is 11.5 Å². The van der Waals surface area contributed by atoms with Crippen molar-refractivity contribution >= 4 is 17.4 Å². The van der Waals surface area contributed by atoms with Gasteiger partial charge in [0, 0.05) is 23.1 Å².